The van der Waals surface area contributed by atoms with Crippen LogP contribution < -0.4 is 0 Å². The van der Waals surface area contributed by atoms with E-state index in [1.807, 2.05) is 59.6 Å². The lowest BCUT2D eigenvalue weighted by Gasteiger charge is -2.36. The van der Waals surface area contributed by atoms with Crippen molar-refractivity contribution in [1.82, 2.24) is 14.7 Å². The molecule has 4 rings (SSSR count). The third-order valence-electron chi connectivity index (χ3n) is 4.69. The first-order valence-electron chi connectivity index (χ1n) is 8.82. The third-order valence-corrected chi connectivity index (χ3v) is 4.69. The monoisotopic (exact) mass is 347 g/mol. The lowest BCUT2D eigenvalue weighted by atomic mass is 10.0. The molecule has 1 aliphatic heterocycles. The van der Waals surface area contributed by atoms with E-state index in [9.17, 15) is 4.79 Å². The van der Waals surface area contributed by atoms with E-state index >= 15 is 0 Å². The topological polar surface area (TPSA) is 47.4 Å². The maximum atomic E-state index is 12.9. The molecule has 5 nitrogen and oxygen atoms in total. The van der Waals surface area contributed by atoms with Crippen LogP contribution >= 0.6 is 0 Å². The van der Waals surface area contributed by atoms with Crippen molar-refractivity contribution in [2.45, 2.75) is 12.5 Å². The first-order valence-corrected chi connectivity index (χ1v) is 8.82. The highest BCUT2D eigenvalue weighted by Gasteiger charge is 2.28. The quantitative estimate of drug-likeness (QED) is 0.729. The van der Waals surface area contributed by atoms with Gasteiger partial charge in [0, 0.05) is 18.9 Å². The second-order valence-electron chi connectivity index (χ2n) is 6.38. The van der Waals surface area contributed by atoms with E-state index < -0.39 is 0 Å². The van der Waals surface area contributed by atoms with Gasteiger partial charge >= 0.3 is 0 Å². The molecule has 1 amide bonds. The Balaban J connectivity index is 1.48. The summed E-state index contributed by atoms with van der Waals surface area (Å²) in [7, 11) is 0. The first kappa shape index (κ1) is 16.5. The standard InChI is InChI=1S/C21H21N3O2/c25-21(15-17-7-9-19(10-8-17)24-12-4-11-22-24)23-13-14-26-16-20(23)18-5-2-1-3-6-18/h1-12,20H,13-16H2. The Morgan fingerprint density at radius 2 is 1.88 bits per heavy atom. The zero-order valence-corrected chi connectivity index (χ0v) is 14.5. The molecule has 1 aromatic heterocycles. The van der Waals surface area contributed by atoms with Crippen molar-refractivity contribution < 1.29 is 9.53 Å². The molecule has 1 unspecified atom stereocenters. The van der Waals surface area contributed by atoms with E-state index in [0.717, 1.165) is 16.8 Å². The summed E-state index contributed by atoms with van der Waals surface area (Å²) in [5.41, 5.74) is 3.11. The molecule has 132 valence electrons. The maximum Gasteiger partial charge on any atom is 0.227 e. The molecule has 1 saturated heterocycles. The molecule has 0 saturated carbocycles. The molecule has 3 aromatic rings. The van der Waals surface area contributed by atoms with Gasteiger partial charge in [-0.25, -0.2) is 4.68 Å². The molecule has 5 heteroatoms. The number of morpholine rings is 1. The molecule has 1 aliphatic rings. The van der Waals surface area contributed by atoms with E-state index in [0.29, 0.717) is 26.2 Å². The normalized spacial score (nSPS) is 17.2. The van der Waals surface area contributed by atoms with Gasteiger partial charge in [0.15, 0.2) is 0 Å². The molecule has 1 fully saturated rings. The number of benzene rings is 2. The van der Waals surface area contributed by atoms with Crippen LogP contribution in [0.25, 0.3) is 5.69 Å². The molecule has 2 heterocycles. The Bertz CT molecular complexity index is 845. The van der Waals surface area contributed by atoms with Gasteiger partial charge in [0.05, 0.1) is 31.4 Å². The van der Waals surface area contributed by atoms with Crippen molar-refractivity contribution in [3.8, 4) is 5.69 Å². The van der Waals surface area contributed by atoms with Gasteiger partial charge in [0.2, 0.25) is 5.91 Å². The molecule has 0 aliphatic carbocycles. The van der Waals surface area contributed by atoms with Crippen molar-refractivity contribution in [2.24, 2.45) is 0 Å². The fourth-order valence-electron chi connectivity index (χ4n) is 3.32. The fraction of sp³-hybridized carbons (Fsp3) is 0.238. The minimum absolute atomic E-state index is 0.0132. The van der Waals surface area contributed by atoms with Crippen molar-refractivity contribution in [3.63, 3.8) is 0 Å². The zero-order chi connectivity index (χ0) is 17.8. The summed E-state index contributed by atoms with van der Waals surface area (Å²) in [4.78, 5) is 14.9. The van der Waals surface area contributed by atoms with Crippen molar-refractivity contribution in [1.29, 1.82) is 0 Å². The van der Waals surface area contributed by atoms with Crippen LogP contribution in [-0.4, -0.2) is 40.3 Å². The van der Waals surface area contributed by atoms with Gasteiger partial charge in [0.25, 0.3) is 0 Å². The summed E-state index contributed by atoms with van der Waals surface area (Å²) >= 11 is 0. The number of hydrogen-bond acceptors (Lipinski definition) is 3. The SMILES string of the molecule is O=C(Cc1ccc(-n2cccn2)cc1)N1CCOCC1c1ccccc1. The fourth-order valence-corrected chi connectivity index (χ4v) is 3.32. The van der Waals surface area contributed by atoms with Gasteiger partial charge in [-0.15, -0.1) is 0 Å². The number of rotatable bonds is 4. The number of carbonyl (C=O) groups excluding carboxylic acids is 1. The molecule has 0 radical (unpaired) electrons. The average Bonchev–Trinajstić information content (AvgIpc) is 3.24. The van der Waals surface area contributed by atoms with Gasteiger partial charge in [-0.2, -0.15) is 5.10 Å². The molecular weight excluding hydrogens is 326 g/mol. The maximum absolute atomic E-state index is 12.9. The molecule has 0 N–H and O–H groups in total. The van der Waals surface area contributed by atoms with Gasteiger partial charge in [-0.3, -0.25) is 4.79 Å². The molecule has 0 spiro atoms. The van der Waals surface area contributed by atoms with Crippen LogP contribution in [0.1, 0.15) is 17.2 Å². The number of nitrogens with zero attached hydrogens (tertiary/aromatic N) is 3. The lowest BCUT2D eigenvalue weighted by molar-refractivity contribution is -0.139. The summed E-state index contributed by atoms with van der Waals surface area (Å²) in [5, 5.41) is 4.22. The number of hydrogen-bond donors (Lipinski definition) is 0. The predicted molar refractivity (Wildman–Crippen MR) is 99.0 cm³/mol. The number of ether oxygens (including phenoxy) is 1. The Kier molecular flexibility index (Phi) is 4.80. The van der Waals surface area contributed by atoms with E-state index in [1.165, 1.54) is 0 Å². The minimum atomic E-state index is -0.0132. The Morgan fingerprint density at radius 1 is 1.08 bits per heavy atom. The third kappa shape index (κ3) is 3.53. The van der Waals surface area contributed by atoms with Gasteiger partial charge < -0.3 is 9.64 Å². The Labute approximate surface area is 152 Å². The van der Waals surface area contributed by atoms with E-state index in [1.54, 1.807) is 10.9 Å². The number of aromatic nitrogens is 2. The number of carbonyl (C=O) groups is 1. The summed E-state index contributed by atoms with van der Waals surface area (Å²) < 4.78 is 7.43. The highest BCUT2D eigenvalue weighted by atomic mass is 16.5. The average molecular weight is 347 g/mol. The summed E-state index contributed by atoms with van der Waals surface area (Å²) in [5.74, 6) is 0.133. The van der Waals surface area contributed by atoms with Crippen LogP contribution in [0, 0.1) is 0 Å². The van der Waals surface area contributed by atoms with Crippen molar-refractivity contribution in [3.05, 3.63) is 84.2 Å². The van der Waals surface area contributed by atoms with Crippen molar-refractivity contribution in [2.75, 3.05) is 19.8 Å². The minimum Gasteiger partial charge on any atom is -0.377 e. The predicted octanol–water partition coefficient (Wildman–Crippen LogP) is 3.01. The smallest absolute Gasteiger partial charge is 0.227 e. The van der Waals surface area contributed by atoms with Crippen LogP contribution in [0.15, 0.2) is 73.1 Å². The lowest BCUT2D eigenvalue weighted by Crippen LogP contribution is -2.44. The summed E-state index contributed by atoms with van der Waals surface area (Å²) in [6.45, 7) is 1.77. The molecular formula is C21H21N3O2. The van der Waals surface area contributed by atoms with Crippen LogP contribution in [0.5, 0.6) is 0 Å². The molecule has 0 bridgehead atoms. The van der Waals surface area contributed by atoms with Crippen LogP contribution in [0.4, 0.5) is 0 Å². The Morgan fingerprint density at radius 3 is 2.62 bits per heavy atom. The van der Waals surface area contributed by atoms with Gasteiger partial charge in [0.1, 0.15) is 0 Å². The second kappa shape index (κ2) is 7.54. The summed E-state index contributed by atoms with van der Waals surface area (Å²) in [6.07, 6.45) is 4.04. The molecule has 2 aromatic carbocycles. The number of amides is 1. The van der Waals surface area contributed by atoms with E-state index in [4.69, 9.17) is 4.74 Å². The molecule has 1 atom stereocenters. The van der Waals surface area contributed by atoms with Crippen LogP contribution in [-0.2, 0) is 16.0 Å². The molecule has 26 heavy (non-hydrogen) atoms. The van der Waals surface area contributed by atoms with Crippen LogP contribution in [0.3, 0.4) is 0 Å². The summed E-state index contributed by atoms with van der Waals surface area (Å²) in [6, 6.07) is 19.9. The first-order chi connectivity index (χ1) is 12.8. The van der Waals surface area contributed by atoms with Crippen molar-refractivity contribution >= 4 is 5.91 Å². The van der Waals surface area contributed by atoms with E-state index in [2.05, 4.69) is 17.2 Å². The Hall–Kier alpha value is -2.92. The zero-order valence-electron chi connectivity index (χ0n) is 14.5. The van der Waals surface area contributed by atoms with Gasteiger partial charge in [-0.1, -0.05) is 42.5 Å². The van der Waals surface area contributed by atoms with Crippen LogP contribution in [0.2, 0.25) is 0 Å². The highest BCUT2D eigenvalue weighted by molar-refractivity contribution is 5.79. The van der Waals surface area contributed by atoms with E-state index in [-0.39, 0.29) is 11.9 Å². The van der Waals surface area contributed by atoms with Gasteiger partial charge in [-0.05, 0) is 29.3 Å². The second-order valence-corrected chi connectivity index (χ2v) is 6.38. The highest BCUT2D eigenvalue weighted by Crippen LogP contribution is 2.25. The largest absolute Gasteiger partial charge is 0.377 e.